The minimum absolute atomic E-state index is 0.0675. The predicted octanol–water partition coefficient (Wildman–Crippen LogP) is 0.223. The van der Waals surface area contributed by atoms with E-state index in [2.05, 4.69) is 15.5 Å². The number of hydrogen-bond acceptors (Lipinski definition) is 4. The van der Waals surface area contributed by atoms with Gasteiger partial charge < -0.3 is 10.4 Å². The monoisotopic (exact) mass is 209 g/mol. The fraction of sp³-hybridized carbons (Fsp3) is 0.500. The highest BCUT2D eigenvalue weighted by Gasteiger charge is 2.15. The van der Waals surface area contributed by atoms with Crippen molar-refractivity contribution < 1.29 is 9.90 Å². The molecule has 0 aliphatic rings. The van der Waals surface area contributed by atoms with E-state index >= 15 is 0 Å². The second-order valence-corrected chi connectivity index (χ2v) is 3.64. The highest BCUT2D eigenvalue weighted by molar-refractivity contribution is 5.93. The highest BCUT2D eigenvalue weighted by Crippen LogP contribution is 2.02. The van der Waals surface area contributed by atoms with Crippen LogP contribution < -0.4 is 5.32 Å². The van der Waals surface area contributed by atoms with Crippen LogP contribution in [0.2, 0.25) is 0 Å². The van der Waals surface area contributed by atoms with E-state index in [1.54, 1.807) is 6.07 Å². The minimum Gasteiger partial charge on any atom is -0.394 e. The van der Waals surface area contributed by atoms with Crippen LogP contribution in [0, 0.1) is 5.92 Å². The van der Waals surface area contributed by atoms with Crippen molar-refractivity contribution in [2.75, 3.05) is 6.61 Å². The quantitative estimate of drug-likeness (QED) is 0.744. The zero-order chi connectivity index (χ0) is 11.3. The highest BCUT2D eigenvalue weighted by atomic mass is 16.3. The predicted molar refractivity (Wildman–Crippen MR) is 55.2 cm³/mol. The summed E-state index contributed by atoms with van der Waals surface area (Å²) in [5.41, 5.74) is 0.448. The molecule has 1 aromatic heterocycles. The molecule has 0 aliphatic carbocycles. The summed E-state index contributed by atoms with van der Waals surface area (Å²) < 4.78 is 0. The van der Waals surface area contributed by atoms with E-state index in [1.165, 1.54) is 12.4 Å². The van der Waals surface area contributed by atoms with Gasteiger partial charge in [-0.1, -0.05) is 13.8 Å². The first-order valence-electron chi connectivity index (χ1n) is 4.83. The van der Waals surface area contributed by atoms with Gasteiger partial charge in [0.15, 0.2) is 0 Å². The summed E-state index contributed by atoms with van der Waals surface area (Å²) in [5, 5.41) is 19.0. The number of nitrogens with zero attached hydrogens (tertiary/aromatic N) is 2. The molecule has 0 aliphatic heterocycles. The van der Waals surface area contributed by atoms with Crippen molar-refractivity contribution in [3.8, 4) is 0 Å². The molecule has 0 spiro atoms. The number of nitrogens with one attached hydrogen (secondary N) is 1. The third-order valence-corrected chi connectivity index (χ3v) is 2.16. The number of amides is 1. The summed E-state index contributed by atoms with van der Waals surface area (Å²) in [6, 6.07) is 1.35. The lowest BCUT2D eigenvalue weighted by Crippen LogP contribution is -2.41. The normalized spacial score (nSPS) is 12.5. The summed E-state index contributed by atoms with van der Waals surface area (Å²) >= 11 is 0. The Morgan fingerprint density at radius 3 is 2.73 bits per heavy atom. The number of carbonyl (C=O) groups excluding carboxylic acids is 1. The Morgan fingerprint density at radius 2 is 2.27 bits per heavy atom. The van der Waals surface area contributed by atoms with Crippen molar-refractivity contribution in [3.63, 3.8) is 0 Å². The summed E-state index contributed by atoms with van der Waals surface area (Å²) in [6.45, 7) is 3.81. The lowest BCUT2D eigenvalue weighted by atomic mass is 10.1. The zero-order valence-electron chi connectivity index (χ0n) is 8.84. The van der Waals surface area contributed by atoms with Gasteiger partial charge in [-0.15, -0.1) is 0 Å². The molecule has 5 heteroatoms. The molecule has 82 valence electrons. The first-order valence-corrected chi connectivity index (χ1v) is 4.83. The molecule has 0 saturated carbocycles. The third-order valence-electron chi connectivity index (χ3n) is 2.16. The van der Waals surface area contributed by atoms with E-state index in [0.717, 1.165) is 0 Å². The summed E-state index contributed by atoms with van der Waals surface area (Å²) in [6.07, 6.45) is 2.85. The summed E-state index contributed by atoms with van der Waals surface area (Å²) in [7, 11) is 0. The smallest absolute Gasteiger partial charge is 0.253 e. The molecular formula is C10H15N3O2. The van der Waals surface area contributed by atoms with E-state index in [4.69, 9.17) is 5.11 Å². The Morgan fingerprint density at radius 1 is 1.53 bits per heavy atom. The second kappa shape index (κ2) is 5.41. The molecule has 0 fully saturated rings. The van der Waals surface area contributed by atoms with Gasteiger partial charge in [0.05, 0.1) is 30.6 Å². The lowest BCUT2D eigenvalue weighted by Gasteiger charge is -2.19. The maximum atomic E-state index is 11.6. The molecule has 1 amide bonds. The molecule has 1 rings (SSSR count). The van der Waals surface area contributed by atoms with Crippen molar-refractivity contribution in [2.24, 2.45) is 5.92 Å². The molecule has 5 nitrogen and oxygen atoms in total. The van der Waals surface area contributed by atoms with Gasteiger partial charge in [-0.3, -0.25) is 4.79 Å². The van der Waals surface area contributed by atoms with Crippen molar-refractivity contribution in [1.29, 1.82) is 0 Å². The standard InChI is InChI=1S/C10H15N3O2/c1-7(2)9(6-14)13-10(15)8-3-4-11-12-5-8/h3-5,7,9,14H,6H2,1-2H3,(H,13,15). The van der Waals surface area contributed by atoms with Crippen LogP contribution in [-0.2, 0) is 0 Å². The molecular weight excluding hydrogens is 194 g/mol. The van der Waals surface area contributed by atoms with Crippen LogP contribution >= 0.6 is 0 Å². The van der Waals surface area contributed by atoms with Gasteiger partial charge in [0.1, 0.15) is 0 Å². The Bertz CT molecular complexity index is 314. The van der Waals surface area contributed by atoms with Crippen molar-refractivity contribution >= 4 is 5.91 Å². The zero-order valence-corrected chi connectivity index (χ0v) is 8.84. The van der Waals surface area contributed by atoms with Gasteiger partial charge in [-0.25, -0.2) is 0 Å². The van der Waals surface area contributed by atoms with Crippen molar-refractivity contribution in [3.05, 3.63) is 24.0 Å². The molecule has 1 unspecified atom stereocenters. The van der Waals surface area contributed by atoms with Gasteiger partial charge in [-0.2, -0.15) is 10.2 Å². The molecule has 0 saturated heterocycles. The van der Waals surface area contributed by atoms with Crippen LogP contribution in [0.25, 0.3) is 0 Å². The van der Waals surface area contributed by atoms with Crippen LogP contribution in [0.15, 0.2) is 18.5 Å². The summed E-state index contributed by atoms with van der Waals surface area (Å²) in [4.78, 5) is 11.6. The van der Waals surface area contributed by atoms with E-state index in [0.29, 0.717) is 5.56 Å². The number of carbonyl (C=O) groups is 1. The Kier molecular flexibility index (Phi) is 4.17. The Labute approximate surface area is 88.5 Å². The average molecular weight is 209 g/mol. The van der Waals surface area contributed by atoms with Crippen molar-refractivity contribution in [1.82, 2.24) is 15.5 Å². The van der Waals surface area contributed by atoms with Crippen LogP contribution in [-0.4, -0.2) is 33.9 Å². The molecule has 15 heavy (non-hydrogen) atoms. The van der Waals surface area contributed by atoms with Crippen LogP contribution in [0.1, 0.15) is 24.2 Å². The van der Waals surface area contributed by atoms with Crippen LogP contribution in [0.5, 0.6) is 0 Å². The number of hydrogen-bond donors (Lipinski definition) is 2. The fourth-order valence-corrected chi connectivity index (χ4v) is 1.10. The molecule has 0 radical (unpaired) electrons. The molecule has 1 heterocycles. The molecule has 1 atom stereocenters. The maximum absolute atomic E-state index is 11.6. The van der Waals surface area contributed by atoms with Gasteiger partial charge in [0, 0.05) is 0 Å². The molecule has 0 aromatic carbocycles. The van der Waals surface area contributed by atoms with E-state index in [1.807, 2.05) is 13.8 Å². The van der Waals surface area contributed by atoms with E-state index in [-0.39, 0.29) is 24.5 Å². The maximum Gasteiger partial charge on any atom is 0.253 e. The van der Waals surface area contributed by atoms with Gasteiger partial charge in [0.2, 0.25) is 0 Å². The second-order valence-electron chi connectivity index (χ2n) is 3.64. The van der Waals surface area contributed by atoms with Crippen LogP contribution in [0.3, 0.4) is 0 Å². The number of aromatic nitrogens is 2. The largest absolute Gasteiger partial charge is 0.394 e. The number of aliphatic hydroxyl groups is 1. The number of aliphatic hydroxyl groups excluding tert-OH is 1. The molecule has 1 aromatic rings. The van der Waals surface area contributed by atoms with E-state index < -0.39 is 0 Å². The van der Waals surface area contributed by atoms with E-state index in [9.17, 15) is 4.79 Å². The third kappa shape index (κ3) is 3.28. The Balaban J connectivity index is 2.63. The van der Waals surface area contributed by atoms with Gasteiger partial charge >= 0.3 is 0 Å². The fourth-order valence-electron chi connectivity index (χ4n) is 1.10. The first kappa shape index (κ1) is 11.6. The topological polar surface area (TPSA) is 75.1 Å². The molecule has 2 N–H and O–H groups in total. The molecule has 0 bridgehead atoms. The van der Waals surface area contributed by atoms with Crippen molar-refractivity contribution in [2.45, 2.75) is 19.9 Å². The SMILES string of the molecule is CC(C)C(CO)NC(=O)c1ccnnc1. The Hall–Kier alpha value is -1.49. The van der Waals surface area contributed by atoms with Gasteiger partial charge in [0.25, 0.3) is 5.91 Å². The summed E-state index contributed by atoms with van der Waals surface area (Å²) in [5.74, 6) is -0.0496. The van der Waals surface area contributed by atoms with Crippen LogP contribution in [0.4, 0.5) is 0 Å². The first-order chi connectivity index (χ1) is 7.15. The minimum atomic E-state index is -0.238. The lowest BCUT2D eigenvalue weighted by molar-refractivity contribution is 0.0896. The van der Waals surface area contributed by atoms with Gasteiger partial charge in [-0.05, 0) is 12.0 Å². The average Bonchev–Trinajstić information content (AvgIpc) is 2.26. The number of rotatable bonds is 4.